The van der Waals surface area contributed by atoms with Crippen LogP contribution in [-0.2, 0) is 9.53 Å². The van der Waals surface area contributed by atoms with Gasteiger partial charge in [0.15, 0.2) is 12.4 Å². The van der Waals surface area contributed by atoms with Gasteiger partial charge >= 0.3 is 5.97 Å². The van der Waals surface area contributed by atoms with Gasteiger partial charge in [-0.15, -0.1) is 0 Å². The van der Waals surface area contributed by atoms with E-state index in [1.807, 2.05) is 44.2 Å². The quantitative estimate of drug-likeness (QED) is 0.635. The van der Waals surface area contributed by atoms with Crippen LogP contribution in [0, 0.1) is 0 Å². The predicted molar refractivity (Wildman–Crippen MR) is 97.7 cm³/mol. The van der Waals surface area contributed by atoms with Crippen LogP contribution in [0.15, 0.2) is 53.1 Å². The molecule has 3 rings (SSSR count). The van der Waals surface area contributed by atoms with Crippen LogP contribution < -0.4 is 0 Å². The molecule has 6 heteroatoms. The van der Waals surface area contributed by atoms with Crippen molar-refractivity contribution in [3.05, 3.63) is 54.1 Å². The molecule has 0 radical (unpaired) electrons. The Morgan fingerprint density at radius 1 is 1.08 bits per heavy atom. The van der Waals surface area contributed by atoms with Crippen molar-refractivity contribution < 1.29 is 18.8 Å². The first-order chi connectivity index (χ1) is 12.6. The van der Waals surface area contributed by atoms with E-state index in [1.165, 1.54) is 0 Å². The highest BCUT2D eigenvalue weighted by Gasteiger charge is 2.17. The number of benzene rings is 2. The summed E-state index contributed by atoms with van der Waals surface area (Å²) in [7, 11) is 0. The summed E-state index contributed by atoms with van der Waals surface area (Å²) >= 11 is 0. The minimum atomic E-state index is -0.549. The van der Waals surface area contributed by atoms with Crippen LogP contribution in [0.1, 0.15) is 24.2 Å². The van der Waals surface area contributed by atoms with Crippen molar-refractivity contribution in [2.75, 3.05) is 19.7 Å². The molecule has 1 heterocycles. The molecular formula is C20H20N2O4. The maximum absolute atomic E-state index is 12.3. The first-order valence-corrected chi connectivity index (χ1v) is 8.53. The van der Waals surface area contributed by atoms with E-state index in [-0.39, 0.29) is 12.5 Å². The average molecular weight is 352 g/mol. The summed E-state index contributed by atoms with van der Waals surface area (Å²) < 4.78 is 10.6. The van der Waals surface area contributed by atoms with Crippen LogP contribution in [-0.4, -0.2) is 41.6 Å². The number of aromatic nitrogens is 1. The van der Waals surface area contributed by atoms with Gasteiger partial charge in [0.05, 0.1) is 10.9 Å². The van der Waals surface area contributed by atoms with Gasteiger partial charge in [0.1, 0.15) is 5.52 Å². The Hall–Kier alpha value is -3.15. The highest BCUT2D eigenvalue weighted by atomic mass is 16.5. The number of amides is 1. The van der Waals surface area contributed by atoms with Crippen LogP contribution in [0.4, 0.5) is 0 Å². The van der Waals surface area contributed by atoms with E-state index in [0.29, 0.717) is 29.9 Å². The number of nitrogens with zero attached hydrogens (tertiary/aromatic N) is 2. The molecule has 2 aromatic carbocycles. The summed E-state index contributed by atoms with van der Waals surface area (Å²) in [6.07, 6.45) is 0. The average Bonchev–Trinajstić information content (AvgIpc) is 3.11. The standard InChI is InChI=1S/C20H20N2O4/c1-3-22(4-2)18(23)13-25-20(24)15-10-11-17-16(12-15)19(26-21-17)14-8-6-5-7-9-14/h5-12H,3-4,13H2,1-2H3. The zero-order chi connectivity index (χ0) is 18.5. The molecule has 0 saturated carbocycles. The largest absolute Gasteiger partial charge is 0.452 e. The van der Waals surface area contributed by atoms with Gasteiger partial charge in [0.2, 0.25) is 0 Å². The highest BCUT2D eigenvalue weighted by molar-refractivity contribution is 5.99. The molecule has 0 N–H and O–H groups in total. The zero-order valence-electron chi connectivity index (χ0n) is 14.8. The lowest BCUT2D eigenvalue weighted by Gasteiger charge is -2.18. The van der Waals surface area contributed by atoms with Crippen LogP contribution in [0.2, 0.25) is 0 Å². The van der Waals surface area contributed by atoms with E-state index in [4.69, 9.17) is 9.26 Å². The lowest BCUT2D eigenvalue weighted by atomic mass is 10.1. The van der Waals surface area contributed by atoms with Crippen molar-refractivity contribution in [1.82, 2.24) is 10.1 Å². The maximum Gasteiger partial charge on any atom is 0.338 e. The number of fused-ring (bicyclic) bond motifs is 1. The summed E-state index contributed by atoms with van der Waals surface area (Å²) in [5.74, 6) is -0.165. The Morgan fingerprint density at radius 2 is 1.81 bits per heavy atom. The Bertz CT molecular complexity index is 914. The number of carbonyl (C=O) groups is 2. The molecule has 3 aromatic rings. The molecule has 0 bridgehead atoms. The van der Waals surface area contributed by atoms with Gasteiger partial charge in [0, 0.05) is 18.7 Å². The molecular weight excluding hydrogens is 332 g/mol. The second kappa shape index (κ2) is 7.82. The second-order valence-corrected chi connectivity index (χ2v) is 5.75. The fourth-order valence-corrected chi connectivity index (χ4v) is 2.74. The lowest BCUT2D eigenvalue weighted by Crippen LogP contribution is -2.34. The van der Waals surface area contributed by atoms with E-state index >= 15 is 0 Å². The third-order valence-electron chi connectivity index (χ3n) is 4.19. The third kappa shape index (κ3) is 3.59. The highest BCUT2D eigenvalue weighted by Crippen LogP contribution is 2.29. The van der Waals surface area contributed by atoms with Gasteiger partial charge in [-0.1, -0.05) is 35.5 Å². The van der Waals surface area contributed by atoms with Crippen molar-refractivity contribution in [3.63, 3.8) is 0 Å². The molecule has 0 aliphatic carbocycles. The minimum absolute atomic E-state index is 0.209. The molecule has 1 aromatic heterocycles. The fraction of sp³-hybridized carbons (Fsp3) is 0.250. The van der Waals surface area contributed by atoms with Crippen LogP contribution in [0.3, 0.4) is 0 Å². The van der Waals surface area contributed by atoms with Crippen LogP contribution in [0.5, 0.6) is 0 Å². The number of carbonyl (C=O) groups excluding carboxylic acids is 2. The zero-order valence-corrected chi connectivity index (χ0v) is 14.8. The van der Waals surface area contributed by atoms with Crippen molar-refractivity contribution >= 4 is 22.8 Å². The Labute approximate surface area is 151 Å². The van der Waals surface area contributed by atoms with E-state index in [9.17, 15) is 9.59 Å². The van der Waals surface area contributed by atoms with Gasteiger partial charge < -0.3 is 14.2 Å². The summed E-state index contributed by atoms with van der Waals surface area (Å²) in [4.78, 5) is 25.9. The van der Waals surface area contributed by atoms with E-state index in [1.54, 1.807) is 23.1 Å². The molecule has 0 spiro atoms. The molecule has 0 saturated heterocycles. The molecule has 0 unspecified atom stereocenters. The molecule has 6 nitrogen and oxygen atoms in total. The second-order valence-electron chi connectivity index (χ2n) is 5.75. The van der Waals surface area contributed by atoms with Crippen molar-refractivity contribution in [2.45, 2.75) is 13.8 Å². The number of hydrogen-bond donors (Lipinski definition) is 0. The molecule has 1 amide bonds. The Morgan fingerprint density at radius 3 is 2.50 bits per heavy atom. The summed E-state index contributed by atoms with van der Waals surface area (Å²) in [6.45, 7) is 4.66. The summed E-state index contributed by atoms with van der Waals surface area (Å²) in [6, 6.07) is 14.5. The normalized spacial score (nSPS) is 10.7. The van der Waals surface area contributed by atoms with Gasteiger partial charge in [-0.25, -0.2) is 4.79 Å². The van der Waals surface area contributed by atoms with E-state index in [2.05, 4.69) is 5.16 Å². The topological polar surface area (TPSA) is 72.6 Å². The SMILES string of the molecule is CCN(CC)C(=O)COC(=O)c1ccc2noc(-c3ccccc3)c2c1. The fourth-order valence-electron chi connectivity index (χ4n) is 2.74. The number of esters is 1. The summed E-state index contributed by atoms with van der Waals surface area (Å²) in [5.41, 5.74) is 1.88. The lowest BCUT2D eigenvalue weighted by molar-refractivity contribution is -0.134. The number of hydrogen-bond acceptors (Lipinski definition) is 5. The number of rotatable bonds is 6. The van der Waals surface area contributed by atoms with Crippen LogP contribution >= 0.6 is 0 Å². The Kier molecular flexibility index (Phi) is 5.31. The number of ether oxygens (including phenoxy) is 1. The minimum Gasteiger partial charge on any atom is -0.452 e. The molecule has 134 valence electrons. The molecule has 0 fully saturated rings. The summed E-state index contributed by atoms with van der Waals surface area (Å²) in [5, 5.41) is 4.75. The smallest absolute Gasteiger partial charge is 0.338 e. The number of likely N-dealkylation sites (N-methyl/N-ethyl adjacent to an activating group) is 1. The van der Waals surface area contributed by atoms with E-state index < -0.39 is 5.97 Å². The molecule has 0 aliphatic rings. The first-order valence-electron chi connectivity index (χ1n) is 8.53. The van der Waals surface area contributed by atoms with Crippen molar-refractivity contribution in [3.8, 4) is 11.3 Å². The predicted octanol–water partition coefficient (Wildman–Crippen LogP) is 3.52. The van der Waals surface area contributed by atoms with Crippen LogP contribution in [0.25, 0.3) is 22.2 Å². The first kappa shape index (κ1) is 17.7. The monoisotopic (exact) mass is 352 g/mol. The molecule has 0 atom stereocenters. The maximum atomic E-state index is 12.3. The van der Waals surface area contributed by atoms with Gasteiger partial charge in [-0.3, -0.25) is 4.79 Å². The van der Waals surface area contributed by atoms with Gasteiger partial charge in [-0.05, 0) is 32.0 Å². The Balaban J connectivity index is 1.80. The van der Waals surface area contributed by atoms with E-state index in [0.717, 1.165) is 10.9 Å². The molecule has 0 aliphatic heterocycles. The van der Waals surface area contributed by atoms with Crippen molar-refractivity contribution in [1.29, 1.82) is 0 Å². The van der Waals surface area contributed by atoms with Crippen molar-refractivity contribution in [2.24, 2.45) is 0 Å². The third-order valence-corrected chi connectivity index (χ3v) is 4.19. The molecule has 26 heavy (non-hydrogen) atoms. The van der Waals surface area contributed by atoms with Gasteiger partial charge in [0.25, 0.3) is 5.91 Å². The van der Waals surface area contributed by atoms with Gasteiger partial charge in [-0.2, -0.15) is 0 Å².